The molecule has 110 valence electrons. The quantitative estimate of drug-likeness (QED) is 0.904. The Hall–Kier alpha value is -1.92. The fraction of sp³-hybridized carbons (Fsp3) is 0.357. The summed E-state index contributed by atoms with van der Waals surface area (Å²) in [6.07, 6.45) is 4.58. The van der Waals surface area contributed by atoms with E-state index >= 15 is 0 Å². The normalized spacial score (nSPS) is 17.9. The highest BCUT2D eigenvalue weighted by Gasteiger charge is 2.19. The largest absolute Gasteiger partial charge is 0.324 e. The SMILES string of the molecule is O=C(CC1CCNC1)Nc1cc(Cl)ccc1-n1cncn1. The van der Waals surface area contributed by atoms with Crippen molar-refractivity contribution in [1.82, 2.24) is 20.1 Å². The van der Waals surface area contributed by atoms with E-state index in [2.05, 4.69) is 20.7 Å². The molecule has 2 heterocycles. The third kappa shape index (κ3) is 3.40. The summed E-state index contributed by atoms with van der Waals surface area (Å²) in [5.41, 5.74) is 1.39. The van der Waals surface area contributed by atoms with Crippen LogP contribution >= 0.6 is 11.6 Å². The van der Waals surface area contributed by atoms with Gasteiger partial charge in [0.1, 0.15) is 12.7 Å². The first-order chi connectivity index (χ1) is 10.2. The van der Waals surface area contributed by atoms with E-state index in [9.17, 15) is 4.79 Å². The molecule has 1 aromatic carbocycles. The van der Waals surface area contributed by atoms with Crippen LogP contribution in [0.25, 0.3) is 5.69 Å². The Morgan fingerprint density at radius 2 is 2.43 bits per heavy atom. The molecular weight excluding hydrogens is 290 g/mol. The summed E-state index contributed by atoms with van der Waals surface area (Å²) >= 11 is 6.03. The molecule has 7 heteroatoms. The van der Waals surface area contributed by atoms with Gasteiger partial charge in [0.2, 0.25) is 5.91 Å². The van der Waals surface area contributed by atoms with Gasteiger partial charge in [0.15, 0.2) is 0 Å². The zero-order valence-electron chi connectivity index (χ0n) is 11.4. The number of rotatable bonds is 4. The number of anilines is 1. The lowest BCUT2D eigenvalue weighted by Gasteiger charge is -2.13. The predicted octanol–water partition coefficient (Wildman–Crippen LogP) is 1.86. The maximum atomic E-state index is 12.2. The zero-order valence-corrected chi connectivity index (χ0v) is 12.2. The van der Waals surface area contributed by atoms with Crippen molar-refractivity contribution in [1.29, 1.82) is 0 Å². The Morgan fingerprint density at radius 3 is 3.14 bits per heavy atom. The van der Waals surface area contributed by atoms with Gasteiger partial charge >= 0.3 is 0 Å². The van der Waals surface area contributed by atoms with Gasteiger partial charge in [0.05, 0.1) is 11.4 Å². The highest BCUT2D eigenvalue weighted by molar-refractivity contribution is 6.31. The van der Waals surface area contributed by atoms with Crippen LogP contribution in [-0.2, 0) is 4.79 Å². The molecule has 0 saturated carbocycles. The highest BCUT2D eigenvalue weighted by atomic mass is 35.5. The van der Waals surface area contributed by atoms with Crippen LogP contribution in [0.4, 0.5) is 5.69 Å². The van der Waals surface area contributed by atoms with Crippen LogP contribution in [0.1, 0.15) is 12.8 Å². The molecule has 2 aromatic rings. The van der Waals surface area contributed by atoms with Gasteiger partial charge in [-0.15, -0.1) is 0 Å². The fourth-order valence-electron chi connectivity index (χ4n) is 2.49. The fourth-order valence-corrected chi connectivity index (χ4v) is 2.66. The standard InChI is InChI=1S/C14H16ClN5O/c15-11-1-2-13(20-9-17-8-18-20)12(6-11)19-14(21)5-10-3-4-16-7-10/h1-2,6,8-10,16H,3-5,7H2,(H,19,21). The Morgan fingerprint density at radius 1 is 1.52 bits per heavy atom. The molecule has 1 aromatic heterocycles. The second-order valence-corrected chi connectivity index (χ2v) is 5.55. The first-order valence-electron chi connectivity index (χ1n) is 6.87. The molecule has 1 amide bonds. The first kappa shape index (κ1) is 14.0. The predicted molar refractivity (Wildman–Crippen MR) is 80.6 cm³/mol. The zero-order chi connectivity index (χ0) is 14.7. The average Bonchev–Trinajstić information content (AvgIpc) is 3.11. The molecule has 1 aliphatic rings. The Labute approximate surface area is 127 Å². The van der Waals surface area contributed by atoms with Crippen LogP contribution < -0.4 is 10.6 Å². The van der Waals surface area contributed by atoms with Crippen LogP contribution in [0.15, 0.2) is 30.9 Å². The maximum Gasteiger partial charge on any atom is 0.224 e. The third-order valence-corrected chi connectivity index (χ3v) is 3.77. The van der Waals surface area contributed by atoms with Crippen molar-refractivity contribution >= 4 is 23.2 Å². The molecule has 1 unspecified atom stereocenters. The molecule has 0 spiro atoms. The van der Waals surface area contributed by atoms with Crippen LogP contribution in [0.2, 0.25) is 5.02 Å². The van der Waals surface area contributed by atoms with E-state index in [0.717, 1.165) is 25.2 Å². The summed E-state index contributed by atoms with van der Waals surface area (Å²) in [6, 6.07) is 5.29. The molecule has 6 nitrogen and oxygen atoms in total. The Balaban J connectivity index is 1.77. The van der Waals surface area contributed by atoms with E-state index in [1.165, 1.54) is 6.33 Å². The van der Waals surface area contributed by atoms with Gasteiger partial charge in [-0.3, -0.25) is 4.79 Å². The van der Waals surface area contributed by atoms with Gasteiger partial charge < -0.3 is 10.6 Å². The van der Waals surface area contributed by atoms with E-state index in [1.54, 1.807) is 23.1 Å². The number of hydrogen-bond donors (Lipinski definition) is 2. The van der Waals surface area contributed by atoms with E-state index < -0.39 is 0 Å². The van der Waals surface area contributed by atoms with Crippen LogP contribution in [0.3, 0.4) is 0 Å². The molecule has 2 N–H and O–H groups in total. The van der Waals surface area contributed by atoms with Crippen molar-refractivity contribution < 1.29 is 4.79 Å². The number of carbonyl (C=O) groups is 1. The minimum absolute atomic E-state index is 0.00710. The van der Waals surface area contributed by atoms with Crippen molar-refractivity contribution in [2.45, 2.75) is 12.8 Å². The van der Waals surface area contributed by atoms with Crippen LogP contribution in [0, 0.1) is 5.92 Å². The second kappa shape index (κ2) is 6.24. The van der Waals surface area contributed by atoms with Crippen LogP contribution in [-0.4, -0.2) is 33.8 Å². The molecule has 3 rings (SSSR count). The number of nitrogens with one attached hydrogen (secondary N) is 2. The molecule has 1 saturated heterocycles. The minimum Gasteiger partial charge on any atom is -0.324 e. The summed E-state index contributed by atoms with van der Waals surface area (Å²) in [7, 11) is 0. The number of carbonyl (C=O) groups excluding carboxylic acids is 1. The van der Waals surface area contributed by atoms with Crippen molar-refractivity contribution in [3.05, 3.63) is 35.9 Å². The van der Waals surface area contributed by atoms with Gasteiger partial charge in [-0.1, -0.05) is 11.6 Å². The molecule has 0 bridgehead atoms. The molecule has 1 atom stereocenters. The topological polar surface area (TPSA) is 71.8 Å². The monoisotopic (exact) mass is 305 g/mol. The molecule has 21 heavy (non-hydrogen) atoms. The molecule has 0 radical (unpaired) electrons. The molecular formula is C14H16ClN5O. The van der Waals surface area contributed by atoms with E-state index in [4.69, 9.17) is 11.6 Å². The number of halogens is 1. The minimum atomic E-state index is -0.00710. The van der Waals surface area contributed by atoms with Gasteiger partial charge in [0.25, 0.3) is 0 Å². The first-order valence-corrected chi connectivity index (χ1v) is 7.25. The van der Waals surface area contributed by atoms with Crippen LogP contribution in [0.5, 0.6) is 0 Å². The van der Waals surface area contributed by atoms with Gasteiger partial charge in [0, 0.05) is 11.4 Å². The lowest BCUT2D eigenvalue weighted by Crippen LogP contribution is -2.19. The number of nitrogens with zero attached hydrogens (tertiary/aromatic N) is 3. The summed E-state index contributed by atoms with van der Waals surface area (Å²) in [5, 5.41) is 10.8. The van der Waals surface area contributed by atoms with Crippen molar-refractivity contribution in [2.24, 2.45) is 5.92 Å². The van der Waals surface area contributed by atoms with E-state index in [1.807, 2.05) is 6.07 Å². The van der Waals surface area contributed by atoms with Gasteiger partial charge in [-0.25, -0.2) is 9.67 Å². The van der Waals surface area contributed by atoms with Crippen molar-refractivity contribution in [2.75, 3.05) is 18.4 Å². The van der Waals surface area contributed by atoms with Gasteiger partial charge in [-0.2, -0.15) is 5.10 Å². The molecule has 1 aliphatic heterocycles. The summed E-state index contributed by atoms with van der Waals surface area (Å²) < 4.78 is 1.60. The number of benzene rings is 1. The molecule has 0 aliphatic carbocycles. The number of amides is 1. The van der Waals surface area contributed by atoms with Crippen molar-refractivity contribution in [3.8, 4) is 5.69 Å². The van der Waals surface area contributed by atoms with E-state index in [-0.39, 0.29) is 5.91 Å². The number of hydrogen-bond acceptors (Lipinski definition) is 4. The third-order valence-electron chi connectivity index (χ3n) is 3.53. The number of aromatic nitrogens is 3. The second-order valence-electron chi connectivity index (χ2n) is 5.11. The van der Waals surface area contributed by atoms with Crippen molar-refractivity contribution in [3.63, 3.8) is 0 Å². The highest BCUT2D eigenvalue weighted by Crippen LogP contribution is 2.24. The summed E-state index contributed by atoms with van der Waals surface area (Å²) in [5.74, 6) is 0.395. The summed E-state index contributed by atoms with van der Waals surface area (Å²) in [6.45, 7) is 1.89. The lowest BCUT2D eigenvalue weighted by atomic mass is 10.0. The lowest BCUT2D eigenvalue weighted by molar-refractivity contribution is -0.116. The maximum absolute atomic E-state index is 12.2. The summed E-state index contributed by atoms with van der Waals surface area (Å²) in [4.78, 5) is 16.1. The average molecular weight is 306 g/mol. The Bertz CT molecular complexity index is 622. The Kier molecular flexibility index (Phi) is 4.17. The molecule has 1 fully saturated rings. The smallest absolute Gasteiger partial charge is 0.224 e. The van der Waals surface area contributed by atoms with E-state index in [0.29, 0.717) is 23.0 Å². The van der Waals surface area contributed by atoms with Gasteiger partial charge in [-0.05, 0) is 43.6 Å².